The third kappa shape index (κ3) is 4.55. The van der Waals surface area contributed by atoms with Crippen LogP contribution < -0.4 is 24.8 Å². The molecule has 0 spiro atoms. The van der Waals surface area contributed by atoms with E-state index in [-0.39, 0.29) is 17.9 Å². The van der Waals surface area contributed by atoms with Crippen LogP contribution in [0.25, 0.3) is 0 Å². The van der Waals surface area contributed by atoms with E-state index < -0.39 is 6.04 Å². The Morgan fingerprint density at radius 2 is 1.60 bits per heavy atom. The highest BCUT2D eigenvalue weighted by molar-refractivity contribution is 5.98. The minimum atomic E-state index is -0.632. The van der Waals surface area contributed by atoms with E-state index in [0.29, 0.717) is 22.8 Å². The summed E-state index contributed by atoms with van der Waals surface area (Å²) in [5.74, 6) is 0.625. The maximum absolute atomic E-state index is 12.5. The van der Waals surface area contributed by atoms with E-state index in [9.17, 15) is 9.59 Å². The van der Waals surface area contributed by atoms with Crippen LogP contribution in [0, 0.1) is 0 Å². The molecule has 0 aliphatic heterocycles. The molecule has 7 nitrogen and oxygen atoms in total. The van der Waals surface area contributed by atoms with Gasteiger partial charge in [-0.15, -0.1) is 0 Å². The lowest BCUT2D eigenvalue weighted by atomic mass is 10.1. The quantitative estimate of drug-likeness (QED) is 0.784. The summed E-state index contributed by atoms with van der Waals surface area (Å²) in [5, 5.41) is 5.68. The third-order valence-corrected chi connectivity index (χ3v) is 4.37. The van der Waals surface area contributed by atoms with Crippen molar-refractivity contribution >= 4 is 11.8 Å². The SMILES string of the molecule is COc1cc(C(=O)N[C@@H](C)C(=O)NC2CCCC2)cc(OC)c1OC. The summed E-state index contributed by atoms with van der Waals surface area (Å²) in [6.45, 7) is 1.67. The van der Waals surface area contributed by atoms with Crippen molar-refractivity contribution in [3.05, 3.63) is 17.7 Å². The molecule has 7 heteroatoms. The second-order valence-electron chi connectivity index (χ2n) is 6.10. The molecular weight excluding hydrogens is 324 g/mol. The Kier molecular flexibility index (Phi) is 6.50. The lowest BCUT2D eigenvalue weighted by Crippen LogP contribution is -2.47. The molecule has 1 aromatic rings. The summed E-state index contributed by atoms with van der Waals surface area (Å²) in [6.07, 6.45) is 4.27. The van der Waals surface area contributed by atoms with Gasteiger partial charge in [0, 0.05) is 11.6 Å². The van der Waals surface area contributed by atoms with Crippen LogP contribution in [0.4, 0.5) is 0 Å². The number of carbonyl (C=O) groups is 2. The van der Waals surface area contributed by atoms with Crippen molar-refractivity contribution in [2.75, 3.05) is 21.3 Å². The minimum absolute atomic E-state index is 0.173. The molecule has 0 radical (unpaired) electrons. The zero-order chi connectivity index (χ0) is 18.4. The number of methoxy groups -OCH3 is 3. The van der Waals surface area contributed by atoms with E-state index in [4.69, 9.17) is 14.2 Å². The van der Waals surface area contributed by atoms with Crippen molar-refractivity contribution in [1.82, 2.24) is 10.6 Å². The van der Waals surface area contributed by atoms with Crippen LogP contribution in [0.1, 0.15) is 43.0 Å². The van der Waals surface area contributed by atoms with Gasteiger partial charge < -0.3 is 24.8 Å². The summed E-state index contributed by atoms with van der Waals surface area (Å²) in [6, 6.07) is 2.69. The number of rotatable bonds is 7. The Morgan fingerprint density at radius 1 is 1.04 bits per heavy atom. The molecule has 1 aliphatic rings. The highest BCUT2D eigenvalue weighted by atomic mass is 16.5. The molecule has 0 heterocycles. The third-order valence-electron chi connectivity index (χ3n) is 4.37. The average Bonchev–Trinajstić information content (AvgIpc) is 3.12. The van der Waals surface area contributed by atoms with Crippen LogP contribution in [-0.4, -0.2) is 45.2 Å². The molecule has 1 atom stereocenters. The second kappa shape index (κ2) is 8.60. The molecule has 1 saturated carbocycles. The summed E-state index contributed by atoms with van der Waals surface area (Å²) in [4.78, 5) is 24.7. The van der Waals surface area contributed by atoms with Crippen molar-refractivity contribution in [1.29, 1.82) is 0 Å². The fourth-order valence-electron chi connectivity index (χ4n) is 2.95. The molecule has 25 heavy (non-hydrogen) atoms. The summed E-state index contributed by atoms with van der Waals surface area (Å²) in [7, 11) is 4.46. The van der Waals surface area contributed by atoms with Gasteiger partial charge in [-0.1, -0.05) is 12.8 Å². The number of carbonyl (C=O) groups excluding carboxylic acids is 2. The van der Waals surface area contributed by atoms with E-state index in [0.717, 1.165) is 25.7 Å². The Bertz CT molecular complexity index is 601. The summed E-state index contributed by atoms with van der Waals surface area (Å²) < 4.78 is 15.7. The highest BCUT2D eigenvalue weighted by Crippen LogP contribution is 2.38. The summed E-state index contributed by atoms with van der Waals surface area (Å²) in [5.41, 5.74) is 0.329. The van der Waals surface area contributed by atoms with E-state index in [1.807, 2.05) is 0 Å². The van der Waals surface area contributed by atoms with Gasteiger partial charge in [-0.25, -0.2) is 0 Å². The van der Waals surface area contributed by atoms with Gasteiger partial charge in [-0.2, -0.15) is 0 Å². The van der Waals surface area contributed by atoms with Gasteiger partial charge in [0.2, 0.25) is 11.7 Å². The molecule has 0 bridgehead atoms. The topological polar surface area (TPSA) is 85.9 Å². The standard InChI is InChI=1S/C18H26N2O5/c1-11(17(21)20-13-7-5-6-8-13)19-18(22)12-9-14(23-2)16(25-4)15(10-12)24-3/h9-11,13H,5-8H2,1-4H3,(H,19,22)(H,20,21)/t11-/m0/s1. The van der Waals surface area contributed by atoms with Crippen molar-refractivity contribution in [3.8, 4) is 17.2 Å². The molecule has 1 fully saturated rings. The Hall–Kier alpha value is -2.44. The number of nitrogens with one attached hydrogen (secondary N) is 2. The number of hydrogen-bond donors (Lipinski definition) is 2. The van der Waals surface area contributed by atoms with Crippen LogP contribution in [0.5, 0.6) is 17.2 Å². The number of ether oxygens (including phenoxy) is 3. The van der Waals surface area contributed by atoms with Crippen molar-refractivity contribution in [2.45, 2.75) is 44.7 Å². The fraction of sp³-hybridized carbons (Fsp3) is 0.556. The Balaban J connectivity index is 2.07. The monoisotopic (exact) mass is 350 g/mol. The lowest BCUT2D eigenvalue weighted by Gasteiger charge is -2.18. The average molecular weight is 350 g/mol. The second-order valence-corrected chi connectivity index (χ2v) is 6.10. The molecule has 1 aromatic carbocycles. The predicted octanol–water partition coefficient (Wildman–Crippen LogP) is 1.89. The molecule has 2 N–H and O–H groups in total. The molecule has 0 aromatic heterocycles. The molecule has 2 amide bonds. The first-order valence-electron chi connectivity index (χ1n) is 8.41. The predicted molar refractivity (Wildman–Crippen MR) is 93.4 cm³/mol. The van der Waals surface area contributed by atoms with Gasteiger partial charge in [0.25, 0.3) is 5.91 Å². The molecule has 2 rings (SSSR count). The number of hydrogen-bond acceptors (Lipinski definition) is 5. The molecular formula is C18H26N2O5. The zero-order valence-corrected chi connectivity index (χ0v) is 15.2. The maximum Gasteiger partial charge on any atom is 0.252 e. The first kappa shape index (κ1) is 18.9. The molecule has 0 unspecified atom stereocenters. The van der Waals surface area contributed by atoms with Crippen molar-refractivity contribution < 1.29 is 23.8 Å². The van der Waals surface area contributed by atoms with Crippen LogP contribution in [-0.2, 0) is 4.79 Å². The van der Waals surface area contributed by atoms with Gasteiger partial charge in [0.05, 0.1) is 21.3 Å². The van der Waals surface area contributed by atoms with Crippen molar-refractivity contribution in [3.63, 3.8) is 0 Å². The number of amides is 2. The molecule has 138 valence electrons. The van der Waals surface area contributed by atoms with E-state index >= 15 is 0 Å². The first-order chi connectivity index (χ1) is 12.0. The van der Waals surface area contributed by atoms with E-state index in [1.165, 1.54) is 21.3 Å². The van der Waals surface area contributed by atoms with Crippen LogP contribution in [0.2, 0.25) is 0 Å². The zero-order valence-electron chi connectivity index (χ0n) is 15.2. The smallest absolute Gasteiger partial charge is 0.252 e. The van der Waals surface area contributed by atoms with Gasteiger partial charge >= 0.3 is 0 Å². The van der Waals surface area contributed by atoms with Crippen molar-refractivity contribution in [2.24, 2.45) is 0 Å². The first-order valence-corrected chi connectivity index (χ1v) is 8.41. The fourth-order valence-corrected chi connectivity index (χ4v) is 2.95. The largest absolute Gasteiger partial charge is 0.493 e. The molecule has 1 aliphatic carbocycles. The van der Waals surface area contributed by atoms with E-state index in [2.05, 4.69) is 10.6 Å². The van der Waals surface area contributed by atoms with Gasteiger partial charge in [-0.05, 0) is 31.9 Å². The van der Waals surface area contributed by atoms with Gasteiger partial charge in [0.1, 0.15) is 6.04 Å². The van der Waals surface area contributed by atoms with Crippen LogP contribution in [0.3, 0.4) is 0 Å². The maximum atomic E-state index is 12.5. The van der Waals surface area contributed by atoms with E-state index in [1.54, 1.807) is 19.1 Å². The highest BCUT2D eigenvalue weighted by Gasteiger charge is 2.23. The van der Waals surface area contributed by atoms with Crippen LogP contribution >= 0.6 is 0 Å². The summed E-state index contributed by atoms with van der Waals surface area (Å²) >= 11 is 0. The van der Waals surface area contributed by atoms with Gasteiger partial charge in [0.15, 0.2) is 11.5 Å². The lowest BCUT2D eigenvalue weighted by molar-refractivity contribution is -0.123. The van der Waals surface area contributed by atoms with Gasteiger partial charge in [-0.3, -0.25) is 9.59 Å². The molecule has 0 saturated heterocycles. The van der Waals surface area contributed by atoms with Crippen LogP contribution in [0.15, 0.2) is 12.1 Å². The Labute approximate surface area is 148 Å². The normalized spacial score (nSPS) is 15.4. The minimum Gasteiger partial charge on any atom is -0.493 e. The Morgan fingerprint density at radius 3 is 2.08 bits per heavy atom. The number of benzene rings is 1.